The maximum Gasteiger partial charge on any atom is 0.311 e. The van der Waals surface area contributed by atoms with Gasteiger partial charge in [-0.1, -0.05) is 34.6 Å². The first-order valence-electron chi connectivity index (χ1n) is 20.0. The van der Waals surface area contributed by atoms with E-state index in [2.05, 4.69) is 53.4 Å². The molecule has 0 aromatic rings. The summed E-state index contributed by atoms with van der Waals surface area (Å²) in [5, 5.41) is 11.9. The van der Waals surface area contributed by atoms with Crippen molar-refractivity contribution in [1.82, 2.24) is 4.90 Å². The Morgan fingerprint density at radius 3 is 2.29 bits per heavy atom. The molecule has 18 atom stereocenters. The molecule has 0 amide bonds. The Morgan fingerprint density at radius 2 is 1.65 bits per heavy atom. The van der Waals surface area contributed by atoms with Gasteiger partial charge in [-0.25, -0.2) is 0 Å². The monoisotopic (exact) mass is 742 g/mol. The maximum atomic E-state index is 14.3. The summed E-state index contributed by atoms with van der Waals surface area (Å²) in [4.78, 5) is 16.5. The molecule has 1 unspecified atom stereocenters. The fourth-order valence-corrected chi connectivity index (χ4v) is 10.2. The number of esters is 1. The van der Waals surface area contributed by atoms with Crippen LogP contribution in [0.3, 0.4) is 0 Å². The molecule has 0 radical (unpaired) electrons. The van der Waals surface area contributed by atoms with Crippen LogP contribution in [0, 0.1) is 29.6 Å². The summed E-state index contributed by atoms with van der Waals surface area (Å²) in [6, 6.07) is 0.0270. The number of cyclic esters (lactones) is 1. The number of carbonyl (C=O) groups is 1. The van der Waals surface area contributed by atoms with Crippen LogP contribution in [-0.4, -0.2) is 121 Å². The van der Waals surface area contributed by atoms with Crippen LogP contribution in [0.5, 0.6) is 0 Å². The summed E-state index contributed by atoms with van der Waals surface area (Å²) < 4.78 is 59.4. The molecule has 0 aliphatic carbocycles. The first kappa shape index (κ1) is 42.2. The van der Waals surface area contributed by atoms with Gasteiger partial charge in [-0.3, -0.25) is 9.69 Å². The number of carbonyl (C=O) groups excluding carboxylic acids is 1. The lowest BCUT2D eigenvalue weighted by Crippen LogP contribution is -2.61. The van der Waals surface area contributed by atoms with E-state index in [1.165, 1.54) is 0 Å². The molecule has 0 aromatic heterocycles. The quantitative estimate of drug-likeness (QED) is 0.309. The van der Waals surface area contributed by atoms with Crippen molar-refractivity contribution in [3.8, 4) is 0 Å². The number of aliphatic hydroxyl groups is 1. The lowest BCUT2D eigenvalue weighted by Gasteiger charge is -2.50. The lowest BCUT2D eigenvalue weighted by atomic mass is 9.75. The molecule has 12 heteroatoms. The van der Waals surface area contributed by atoms with Gasteiger partial charge in [0.25, 0.3) is 0 Å². The second kappa shape index (κ2) is 16.3. The summed E-state index contributed by atoms with van der Waals surface area (Å²) in [6.07, 6.45) is -1.84. The van der Waals surface area contributed by atoms with Gasteiger partial charge in [0.2, 0.25) is 0 Å². The van der Waals surface area contributed by atoms with Gasteiger partial charge in [0.1, 0.15) is 12.2 Å². The van der Waals surface area contributed by atoms with Crippen molar-refractivity contribution < 1.29 is 52.5 Å². The summed E-state index contributed by atoms with van der Waals surface area (Å²) in [7, 11) is 3.74. The number of nitrogens with zero attached hydrogens (tertiary/aromatic N) is 1. The maximum absolute atomic E-state index is 14.3. The predicted molar refractivity (Wildman–Crippen MR) is 194 cm³/mol. The Hall–Kier alpha value is -0.930. The molecule has 5 rings (SSSR count). The van der Waals surface area contributed by atoms with E-state index in [-0.39, 0.29) is 60.9 Å². The molecule has 1 N–H and O–H groups in total. The van der Waals surface area contributed by atoms with E-state index >= 15 is 0 Å². The van der Waals surface area contributed by atoms with Gasteiger partial charge in [0, 0.05) is 55.7 Å². The number of fused-ring (bicyclic) bond motifs is 2. The number of ether oxygens (including phenoxy) is 9. The van der Waals surface area contributed by atoms with Gasteiger partial charge >= 0.3 is 5.97 Å². The molecule has 302 valence electrons. The van der Waals surface area contributed by atoms with E-state index in [0.717, 1.165) is 6.42 Å². The van der Waals surface area contributed by atoms with Crippen LogP contribution in [0.1, 0.15) is 115 Å². The van der Waals surface area contributed by atoms with Crippen LogP contribution in [0.25, 0.3) is 0 Å². The van der Waals surface area contributed by atoms with E-state index < -0.39 is 65.8 Å². The third kappa shape index (κ3) is 8.13. The SMILES string of the molecule is CC[C@H]1OC(=O)[C@@H](C)[C@@H](O[C@H]2C[C@@](C)(OC)C[C@H](C)O2)[C@@H](C)[C@@H](O[C@@H]2O[C@H](C)C[C@H](N(C)C(C)C)[C@H]2O)[C@@]2(C)C[C@@H](C)C3(OCO[C@@H]([C@H]1C)[C@@H]3C)O2. The Labute approximate surface area is 313 Å². The van der Waals surface area contributed by atoms with Gasteiger partial charge in [0.15, 0.2) is 25.2 Å². The molecule has 1 spiro atoms. The highest BCUT2D eigenvalue weighted by atomic mass is 16.8. The zero-order valence-corrected chi connectivity index (χ0v) is 34.5. The van der Waals surface area contributed by atoms with Crippen LogP contribution in [0.2, 0.25) is 0 Å². The summed E-state index contributed by atoms with van der Waals surface area (Å²) in [5.41, 5.74) is -1.40. The third-order valence-electron chi connectivity index (χ3n) is 13.4. The highest BCUT2D eigenvalue weighted by Crippen LogP contribution is 2.55. The van der Waals surface area contributed by atoms with Crippen molar-refractivity contribution in [3.05, 3.63) is 0 Å². The van der Waals surface area contributed by atoms with Crippen molar-refractivity contribution in [1.29, 1.82) is 0 Å². The van der Waals surface area contributed by atoms with Crippen LogP contribution in [0.15, 0.2) is 0 Å². The Balaban J connectivity index is 1.61. The molecule has 12 nitrogen and oxygen atoms in total. The number of likely N-dealkylation sites (N-methyl/N-ethyl adjacent to an activating group) is 1. The molecule has 0 aromatic carbocycles. The minimum absolute atomic E-state index is 0.0346. The van der Waals surface area contributed by atoms with Gasteiger partial charge in [-0.15, -0.1) is 0 Å². The summed E-state index contributed by atoms with van der Waals surface area (Å²) in [6.45, 7) is 24.8. The van der Waals surface area contributed by atoms with Gasteiger partial charge in [0.05, 0.1) is 47.6 Å². The largest absolute Gasteiger partial charge is 0.462 e. The fourth-order valence-electron chi connectivity index (χ4n) is 10.2. The number of hydrogen-bond acceptors (Lipinski definition) is 12. The second-order valence-corrected chi connectivity index (χ2v) is 17.8. The summed E-state index contributed by atoms with van der Waals surface area (Å²) in [5.74, 6) is -2.86. The standard InChI is InChI=1S/C40H71NO11/c1-15-30-25(7)34-28(10)40(46-20-45-34)22(4)17-39(12,52-40)35(51-37-32(42)29(16-23(5)48-37)41(13)21(2)3)26(8)33(27(9)36(43)49-30)50-31-19-38(11,44-14)18-24(6)47-31/h21-35,37,42H,15-20H2,1-14H3/t22-,23-,24+,25+,26-,27+,28+,29+,30-,31+,32-,33+,34+,35-,37+,38+,39-,40?/m1/s1. The van der Waals surface area contributed by atoms with Crippen molar-refractivity contribution in [3.63, 3.8) is 0 Å². The van der Waals surface area contributed by atoms with Gasteiger partial charge in [-0.05, 0) is 74.8 Å². The number of methoxy groups -OCH3 is 1. The topological polar surface area (TPSA) is 124 Å². The average molecular weight is 742 g/mol. The van der Waals surface area contributed by atoms with Crippen molar-refractivity contribution in [2.45, 2.75) is 200 Å². The molecule has 3 bridgehead atoms. The Morgan fingerprint density at radius 1 is 0.962 bits per heavy atom. The van der Waals surface area contributed by atoms with E-state index in [4.69, 9.17) is 42.6 Å². The first-order valence-corrected chi connectivity index (χ1v) is 20.0. The molecule has 5 heterocycles. The van der Waals surface area contributed by atoms with E-state index in [0.29, 0.717) is 25.7 Å². The van der Waals surface area contributed by atoms with Crippen molar-refractivity contribution in [2.24, 2.45) is 29.6 Å². The van der Waals surface area contributed by atoms with E-state index in [1.54, 1.807) is 7.11 Å². The molecular formula is C40H71NO11. The summed E-state index contributed by atoms with van der Waals surface area (Å²) >= 11 is 0. The number of rotatable bonds is 8. The number of hydrogen-bond donors (Lipinski definition) is 1. The second-order valence-electron chi connectivity index (χ2n) is 17.8. The lowest BCUT2D eigenvalue weighted by molar-refractivity contribution is -0.386. The van der Waals surface area contributed by atoms with Crippen LogP contribution < -0.4 is 0 Å². The third-order valence-corrected chi connectivity index (χ3v) is 13.4. The van der Waals surface area contributed by atoms with Crippen LogP contribution >= 0.6 is 0 Å². The molecule has 52 heavy (non-hydrogen) atoms. The highest BCUT2D eigenvalue weighted by Gasteiger charge is 2.64. The minimum Gasteiger partial charge on any atom is -0.462 e. The molecule has 0 saturated carbocycles. The highest BCUT2D eigenvalue weighted by molar-refractivity contribution is 5.73. The average Bonchev–Trinajstić information content (AvgIpc) is 3.34. The Bertz CT molecular complexity index is 1210. The molecule has 5 fully saturated rings. The normalized spacial score (nSPS) is 50.7. The van der Waals surface area contributed by atoms with Crippen LogP contribution in [0.4, 0.5) is 0 Å². The molecule has 5 aliphatic heterocycles. The zero-order valence-electron chi connectivity index (χ0n) is 34.5. The van der Waals surface area contributed by atoms with Crippen molar-refractivity contribution >= 4 is 5.97 Å². The first-order chi connectivity index (χ1) is 24.3. The molecule has 5 aliphatic rings. The predicted octanol–water partition coefficient (Wildman–Crippen LogP) is 5.66. The Kier molecular flexibility index (Phi) is 13.2. The van der Waals surface area contributed by atoms with Crippen molar-refractivity contribution in [2.75, 3.05) is 21.0 Å². The number of aliphatic hydroxyl groups excluding tert-OH is 1. The molecule has 5 saturated heterocycles. The van der Waals surface area contributed by atoms with Gasteiger partial charge < -0.3 is 47.7 Å². The van der Waals surface area contributed by atoms with Crippen LogP contribution in [-0.2, 0) is 47.4 Å². The zero-order chi connectivity index (χ0) is 38.5. The van der Waals surface area contributed by atoms with Gasteiger partial charge in [-0.2, -0.15) is 0 Å². The fraction of sp³-hybridized carbons (Fsp3) is 0.975. The van der Waals surface area contributed by atoms with E-state index in [1.807, 2.05) is 41.7 Å². The minimum atomic E-state index is -0.979. The smallest absolute Gasteiger partial charge is 0.311 e. The van der Waals surface area contributed by atoms with E-state index in [9.17, 15) is 9.90 Å². The molecular weight excluding hydrogens is 670 g/mol.